The van der Waals surface area contributed by atoms with Crippen LogP contribution >= 0.6 is 0 Å². The lowest BCUT2D eigenvalue weighted by Crippen LogP contribution is -1.90. The van der Waals surface area contributed by atoms with E-state index in [2.05, 4.69) is 58.0 Å². The summed E-state index contributed by atoms with van der Waals surface area (Å²) >= 11 is 0. The highest BCUT2D eigenvalue weighted by molar-refractivity contribution is 5.96. The Balaban J connectivity index is 2.07. The van der Waals surface area contributed by atoms with E-state index >= 15 is 0 Å². The number of benzene rings is 1. The van der Waals surface area contributed by atoms with Crippen LogP contribution < -0.4 is 0 Å². The summed E-state index contributed by atoms with van der Waals surface area (Å²) in [6, 6.07) is 14.7. The quantitative estimate of drug-likeness (QED) is 0.546. The Morgan fingerprint density at radius 1 is 1.11 bits per heavy atom. The molecule has 0 saturated carbocycles. The first-order chi connectivity index (χ1) is 9.34. The van der Waals surface area contributed by atoms with Crippen LogP contribution in [0.5, 0.6) is 0 Å². The third kappa shape index (κ3) is 1.41. The summed E-state index contributed by atoms with van der Waals surface area (Å²) < 4.78 is 2.23. The van der Waals surface area contributed by atoms with Crippen LogP contribution in [-0.2, 0) is 7.05 Å². The Labute approximate surface area is 110 Å². The minimum Gasteiger partial charge on any atom is -0.345 e. The molecule has 1 aromatic carbocycles. The minimum absolute atomic E-state index is 0.933. The average molecular weight is 247 g/mol. The largest absolute Gasteiger partial charge is 0.345 e. The fourth-order valence-corrected chi connectivity index (χ4v) is 2.72. The minimum atomic E-state index is 0.933. The fourth-order valence-electron chi connectivity index (χ4n) is 2.72. The van der Waals surface area contributed by atoms with Gasteiger partial charge in [-0.25, -0.2) is 4.98 Å². The van der Waals surface area contributed by atoms with Gasteiger partial charge in [0.15, 0.2) is 0 Å². The lowest BCUT2D eigenvalue weighted by atomic mass is 10.1. The Kier molecular flexibility index (Phi) is 2.03. The van der Waals surface area contributed by atoms with Crippen LogP contribution in [-0.4, -0.2) is 14.5 Å². The first-order valence-electron chi connectivity index (χ1n) is 6.31. The van der Waals surface area contributed by atoms with Gasteiger partial charge in [-0.05, 0) is 24.3 Å². The maximum atomic E-state index is 4.35. The molecule has 0 spiro atoms. The standard InChI is InChI=1S/C16H13N3/c1-19-14-7-3-2-5-11(14)9-15(19)13-10-18-16-12(13)6-4-8-17-16/h2-10H,1H3,(H,17,18). The Morgan fingerprint density at radius 2 is 2.00 bits per heavy atom. The molecular weight excluding hydrogens is 234 g/mol. The highest BCUT2D eigenvalue weighted by Crippen LogP contribution is 2.31. The molecule has 0 aliphatic heterocycles. The molecule has 0 unspecified atom stereocenters. The van der Waals surface area contributed by atoms with Gasteiger partial charge in [0.25, 0.3) is 0 Å². The van der Waals surface area contributed by atoms with Crippen molar-refractivity contribution in [2.24, 2.45) is 7.05 Å². The van der Waals surface area contributed by atoms with Crippen LogP contribution in [0.2, 0.25) is 0 Å². The van der Waals surface area contributed by atoms with Crippen LogP contribution in [0.3, 0.4) is 0 Å². The zero-order chi connectivity index (χ0) is 12.8. The number of para-hydroxylation sites is 1. The van der Waals surface area contributed by atoms with Gasteiger partial charge in [0.1, 0.15) is 5.65 Å². The van der Waals surface area contributed by atoms with Crippen LogP contribution in [0.15, 0.2) is 54.9 Å². The molecule has 0 saturated heterocycles. The fraction of sp³-hybridized carbons (Fsp3) is 0.0625. The lowest BCUT2D eigenvalue weighted by Gasteiger charge is -2.02. The van der Waals surface area contributed by atoms with Gasteiger partial charge in [-0.2, -0.15) is 0 Å². The second-order valence-electron chi connectivity index (χ2n) is 4.75. The van der Waals surface area contributed by atoms with Crippen molar-refractivity contribution in [1.82, 2.24) is 14.5 Å². The number of rotatable bonds is 1. The van der Waals surface area contributed by atoms with Crippen molar-refractivity contribution >= 4 is 21.9 Å². The van der Waals surface area contributed by atoms with E-state index in [1.807, 2.05) is 18.5 Å². The molecule has 0 bridgehead atoms. The number of aromatic amines is 1. The van der Waals surface area contributed by atoms with E-state index in [0.717, 1.165) is 11.0 Å². The number of aryl methyl sites for hydroxylation is 1. The Hall–Kier alpha value is -2.55. The molecule has 3 heterocycles. The predicted molar refractivity (Wildman–Crippen MR) is 78.0 cm³/mol. The molecule has 3 aromatic heterocycles. The molecule has 3 heteroatoms. The first kappa shape index (κ1) is 10.4. The molecule has 0 amide bonds. The topological polar surface area (TPSA) is 33.6 Å². The molecule has 3 nitrogen and oxygen atoms in total. The number of pyridine rings is 1. The zero-order valence-corrected chi connectivity index (χ0v) is 10.6. The van der Waals surface area contributed by atoms with E-state index < -0.39 is 0 Å². The molecular formula is C16H13N3. The number of nitrogens with zero attached hydrogens (tertiary/aromatic N) is 2. The van der Waals surface area contributed by atoms with Crippen molar-refractivity contribution in [3.05, 3.63) is 54.9 Å². The summed E-state index contributed by atoms with van der Waals surface area (Å²) in [5.41, 5.74) is 4.58. The maximum Gasteiger partial charge on any atom is 0.137 e. The van der Waals surface area contributed by atoms with Crippen LogP contribution in [0.1, 0.15) is 0 Å². The van der Waals surface area contributed by atoms with Crippen molar-refractivity contribution in [3.63, 3.8) is 0 Å². The summed E-state index contributed by atoms with van der Waals surface area (Å²) in [6.45, 7) is 0. The summed E-state index contributed by atoms with van der Waals surface area (Å²) in [6.07, 6.45) is 3.84. The van der Waals surface area contributed by atoms with Crippen LogP contribution in [0.4, 0.5) is 0 Å². The smallest absolute Gasteiger partial charge is 0.137 e. The number of hydrogen-bond acceptors (Lipinski definition) is 1. The molecule has 92 valence electrons. The maximum absolute atomic E-state index is 4.35. The Bertz CT molecular complexity index is 883. The van der Waals surface area contributed by atoms with Crippen molar-refractivity contribution in [2.45, 2.75) is 0 Å². The van der Waals surface area contributed by atoms with Gasteiger partial charge in [0.2, 0.25) is 0 Å². The molecule has 0 radical (unpaired) electrons. The van der Waals surface area contributed by atoms with Crippen LogP contribution in [0.25, 0.3) is 33.2 Å². The van der Waals surface area contributed by atoms with Crippen LogP contribution in [0, 0.1) is 0 Å². The third-order valence-corrected chi connectivity index (χ3v) is 3.68. The van der Waals surface area contributed by atoms with E-state index in [-0.39, 0.29) is 0 Å². The highest BCUT2D eigenvalue weighted by atomic mass is 15.0. The van der Waals surface area contributed by atoms with E-state index in [1.165, 1.54) is 22.2 Å². The lowest BCUT2D eigenvalue weighted by molar-refractivity contribution is 0.979. The van der Waals surface area contributed by atoms with E-state index in [1.54, 1.807) is 0 Å². The Morgan fingerprint density at radius 3 is 2.89 bits per heavy atom. The predicted octanol–water partition coefficient (Wildman–Crippen LogP) is 3.72. The number of fused-ring (bicyclic) bond motifs is 2. The molecule has 4 rings (SSSR count). The molecule has 0 atom stereocenters. The molecule has 0 aliphatic carbocycles. The summed E-state index contributed by atoms with van der Waals surface area (Å²) in [4.78, 5) is 7.58. The molecule has 0 aliphatic rings. The second-order valence-corrected chi connectivity index (χ2v) is 4.75. The third-order valence-electron chi connectivity index (χ3n) is 3.68. The van der Waals surface area contributed by atoms with Gasteiger partial charge in [0.05, 0.1) is 5.69 Å². The van der Waals surface area contributed by atoms with Gasteiger partial charge >= 0.3 is 0 Å². The molecule has 1 N–H and O–H groups in total. The SMILES string of the molecule is Cn1c(-c2c[nH]c3ncccc23)cc2ccccc21. The first-order valence-corrected chi connectivity index (χ1v) is 6.31. The van der Waals surface area contributed by atoms with E-state index in [9.17, 15) is 0 Å². The number of hydrogen-bond donors (Lipinski definition) is 1. The molecule has 4 aromatic rings. The van der Waals surface area contributed by atoms with Gasteiger partial charge in [-0.15, -0.1) is 0 Å². The summed E-state index contributed by atoms with van der Waals surface area (Å²) in [7, 11) is 2.10. The normalized spacial score (nSPS) is 11.4. The van der Waals surface area contributed by atoms with Gasteiger partial charge in [-0.3, -0.25) is 0 Å². The number of H-pyrrole nitrogens is 1. The summed E-state index contributed by atoms with van der Waals surface area (Å²) in [5.74, 6) is 0. The second kappa shape index (κ2) is 3.72. The van der Waals surface area contributed by atoms with Gasteiger partial charge in [-0.1, -0.05) is 18.2 Å². The van der Waals surface area contributed by atoms with Crippen molar-refractivity contribution in [3.8, 4) is 11.3 Å². The molecule has 0 fully saturated rings. The monoisotopic (exact) mass is 247 g/mol. The highest BCUT2D eigenvalue weighted by Gasteiger charge is 2.11. The average Bonchev–Trinajstić information content (AvgIpc) is 3.01. The van der Waals surface area contributed by atoms with Gasteiger partial charge < -0.3 is 9.55 Å². The van der Waals surface area contributed by atoms with Crippen molar-refractivity contribution < 1.29 is 0 Å². The van der Waals surface area contributed by atoms with Crippen molar-refractivity contribution in [1.29, 1.82) is 0 Å². The number of nitrogens with one attached hydrogen (secondary N) is 1. The van der Waals surface area contributed by atoms with E-state index in [0.29, 0.717) is 0 Å². The van der Waals surface area contributed by atoms with Gasteiger partial charge in [0, 0.05) is 41.3 Å². The number of aromatic nitrogens is 3. The zero-order valence-electron chi connectivity index (χ0n) is 10.6. The van der Waals surface area contributed by atoms with E-state index in [4.69, 9.17) is 0 Å². The van der Waals surface area contributed by atoms with Crippen molar-refractivity contribution in [2.75, 3.05) is 0 Å². The molecule has 19 heavy (non-hydrogen) atoms. The summed E-state index contributed by atoms with van der Waals surface area (Å²) in [5, 5.41) is 2.42.